The Morgan fingerprint density at radius 1 is 1.44 bits per heavy atom. The van der Waals surface area contributed by atoms with Gasteiger partial charge in [-0.3, -0.25) is 0 Å². The molecule has 0 aliphatic rings. The van der Waals surface area contributed by atoms with Crippen LogP contribution in [0.2, 0.25) is 0 Å². The van der Waals surface area contributed by atoms with Gasteiger partial charge in [0.15, 0.2) is 0 Å². The van der Waals surface area contributed by atoms with E-state index in [1.165, 1.54) is 0 Å². The third-order valence-electron chi connectivity index (χ3n) is 1.08. The third kappa shape index (κ3) is 2.47. The molecule has 4 N–H and O–H groups in total. The quantitative estimate of drug-likeness (QED) is 0.414. The van der Waals surface area contributed by atoms with Crippen LogP contribution in [0.3, 0.4) is 0 Å². The van der Waals surface area contributed by atoms with Crippen molar-refractivity contribution in [2.75, 3.05) is 13.2 Å². The number of hydrogen-bond acceptors (Lipinski definition) is 3. The summed E-state index contributed by atoms with van der Waals surface area (Å²) in [6.45, 7) is -0.568. The van der Waals surface area contributed by atoms with Crippen LogP contribution in [0, 0.1) is 12.3 Å². The van der Waals surface area contributed by atoms with Crippen molar-refractivity contribution in [3.63, 3.8) is 0 Å². The monoisotopic (exact) mass is 129 g/mol. The third-order valence-corrected chi connectivity index (χ3v) is 1.08. The van der Waals surface area contributed by atoms with Crippen LogP contribution < -0.4 is 5.73 Å². The number of nitrogens with two attached hydrogens (primary N) is 1. The van der Waals surface area contributed by atoms with Gasteiger partial charge in [-0.05, 0) is 0 Å². The first kappa shape index (κ1) is 8.44. The summed E-state index contributed by atoms with van der Waals surface area (Å²) in [5, 5.41) is 17.1. The molecule has 9 heavy (non-hydrogen) atoms. The zero-order valence-corrected chi connectivity index (χ0v) is 5.17. The Bertz CT molecular complexity index is 113. The van der Waals surface area contributed by atoms with Crippen LogP contribution in [0.25, 0.3) is 0 Å². The van der Waals surface area contributed by atoms with Crippen LogP contribution in [0.5, 0.6) is 0 Å². The molecule has 0 aliphatic heterocycles. The molecule has 0 unspecified atom stereocenters. The van der Waals surface area contributed by atoms with Crippen molar-refractivity contribution in [3.05, 3.63) is 0 Å². The lowest BCUT2D eigenvalue weighted by molar-refractivity contribution is 0.124. The van der Waals surface area contributed by atoms with Crippen LogP contribution >= 0.6 is 0 Å². The van der Waals surface area contributed by atoms with Gasteiger partial charge in [-0.25, -0.2) is 0 Å². The van der Waals surface area contributed by atoms with Crippen molar-refractivity contribution in [2.45, 2.75) is 12.0 Å². The van der Waals surface area contributed by atoms with Crippen molar-refractivity contribution in [3.8, 4) is 12.3 Å². The second-order valence-electron chi connectivity index (χ2n) is 2.06. The molecule has 3 nitrogen and oxygen atoms in total. The highest BCUT2D eigenvalue weighted by molar-refractivity contribution is 4.97. The van der Waals surface area contributed by atoms with E-state index in [2.05, 4.69) is 5.92 Å². The Hall–Kier alpha value is -0.560. The highest BCUT2D eigenvalue weighted by atomic mass is 16.3. The van der Waals surface area contributed by atoms with E-state index in [0.29, 0.717) is 0 Å². The average molecular weight is 129 g/mol. The van der Waals surface area contributed by atoms with Gasteiger partial charge in [0.1, 0.15) is 0 Å². The van der Waals surface area contributed by atoms with Crippen LogP contribution in [0.1, 0.15) is 6.42 Å². The van der Waals surface area contributed by atoms with Crippen LogP contribution in [-0.2, 0) is 0 Å². The van der Waals surface area contributed by atoms with Crippen LogP contribution in [0.15, 0.2) is 0 Å². The van der Waals surface area contributed by atoms with Gasteiger partial charge in [0.25, 0.3) is 0 Å². The molecule has 0 bridgehead atoms. The molecule has 0 spiro atoms. The molecule has 0 heterocycles. The maximum Gasteiger partial charge on any atom is 0.0733 e. The molecule has 0 atom stereocenters. The van der Waals surface area contributed by atoms with E-state index in [-0.39, 0.29) is 19.6 Å². The largest absolute Gasteiger partial charge is 0.394 e. The first-order valence-corrected chi connectivity index (χ1v) is 2.62. The Kier molecular flexibility index (Phi) is 3.25. The predicted octanol–water partition coefficient (Wildman–Crippen LogP) is -1.31. The summed E-state index contributed by atoms with van der Waals surface area (Å²) >= 11 is 0. The molecule has 0 radical (unpaired) electrons. The number of aliphatic hydroxyl groups is 2. The number of aliphatic hydroxyl groups excluding tert-OH is 2. The van der Waals surface area contributed by atoms with E-state index in [0.717, 1.165) is 0 Å². The normalized spacial score (nSPS) is 10.9. The molecule has 0 amide bonds. The Balaban J connectivity index is 3.80. The minimum atomic E-state index is -0.991. The fourth-order valence-corrected chi connectivity index (χ4v) is 0.365. The summed E-state index contributed by atoms with van der Waals surface area (Å²) < 4.78 is 0. The molecule has 0 aliphatic carbocycles. The Morgan fingerprint density at radius 3 is 2.00 bits per heavy atom. The van der Waals surface area contributed by atoms with E-state index >= 15 is 0 Å². The molecule has 0 saturated heterocycles. The number of terminal acetylenes is 1. The SMILES string of the molecule is C#CCC(N)(CO)CO. The number of rotatable bonds is 3. The van der Waals surface area contributed by atoms with Gasteiger partial charge in [-0.1, -0.05) is 0 Å². The van der Waals surface area contributed by atoms with Gasteiger partial charge >= 0.3 is 0 Å². The van der Waals surface area contributed by atoms with Crippen LogP contribution in [0.4, 0.5) is 0 Å². The summed E-state index contributed by atoms with van der Waals surface area (Å²) in [4.78, 5) is 0. The van der Waals surface area contributed by atoms with E-state index in [9.17, 15) is 0 Å². The molecule has 0 rings (SSSR count). The topological polar surface area (TPSA) is 66.5 Å². The highest BCUT2D eigenvalue weighted by Crippen LogP contribution is 2.01. The molecule has 0 aromatic rings. The minimum Gasteiger partial charge on any atom is -0.394 e. The standard InChI is InChI=1S/C6H11NO2/c1-2-3-6(7,4-8)5-9/h1,8-9H,3-5,7H2. The Labute approximate surface area is 54.5 Å². The zero-order chi connectivity index (χ0) is 7.33. The molecular weight excluding hydrogens is 118 g/mol. The van der Waals surface area contributed by atoms with Gasteiger partial charge in [0, 0.05) is 6.42 Å². The summed E-state index contributed by atoms with van der Waals surface area (Å²) in [6.07, 6.45) is 5.11. The van der Waals surface area contributed by atoms with Gasteiger partial charge in [0.2, 0.25) is 0 Å². The first-order valence-electron chi connectivity index (χ1n) is 2.62. The minimum absolute atomic E-state index is 0.194. The van der Waals surface area contributed by atoms with Gasteiger partial charge in [0.05, 0.1) is 18.8 Å². The lowest BCUT2D eigenvalue weighted by atomic mass is 10.00. The van der Waals surface area contributed by atoms with Gasteiger partial charge < -0.3 is 15.9 Å². The van der Waals surface area contributed by atoms with Crippen molar-refractivity contribution < 1.29 is 10.2 Å². The predicted molar refractivity (Wildman–Crippen MR) is 34.5 cm³/mol. The summed E-state index contributed by atoms with van der Waals surface area (Å²) in [7, 11) is 0. The molecule has 0 saturated carbocycles. The van der Waals surface area contributed by atoms with Gasteiger partial charge in [-0.2, -0.15) is 0 Å². The molecule has 3 heteroatoms. The molecule has 52 valence electrons. The maximum absolute atomic E-state index is 8.54. The van der Waals surface area contributed by atoms with Crippen molar-refractivity contribution >= 4 is 0 Å². The summed E-state index contributed by atoms with van der Waals surface area (Å²) in [6, 6.07) is 0. The molecular formula is C6H11NO2. The average Bonchev–Trinajstić information content (AvgIpc) is 1.89. The Morgan fingerprint density at radius 2 is 1.89 bits per heavy atom. The molecule has 0 fully saturated rings. The van der Waals surface area contributed by atoms with Crippen molar-refractivity contribution in [1.82, 2.24) is 0 Å². The van der Waals surface area contributed by atoms with E-state index in [4.69, 9.17) is 22.4 Å². The summed E-state index contributed by atoms with van der Waals surface area (Å²) in [5.74, 6) is 2.27. The molecule has 0 aromatic carbocycles. The van der Waals surface area contributed by atoms with Crippen molar-refractivity contribution in [1.29, 1.82) is 0 Å². The fourth-order valence-electron chi connectivity index (χ4n) is 0.365. The fraction of sp³-hybridized carbons (Fsp3) is 0.667. The lowest BCUT2D eigenvalue weighted by Gasteiger charge is -2.20. The van der Waals surface area contributed by atoms with E-state index < -0.39 is 5.54 Å². The zero-order valence-electron chi connectivity index (χ0n) is 5.17. The summed E-state index contributed by atoms with van der Waals surface area (Å²) in [5.41, 5.74) is 4.37. The van der Waals surface area contributed by atoms with E-state index in [1.807, 2.05) is 0 Å². The van der Waals surface area contributed by atoms with Gasteiger partial charge in [-0.15, -0.1) is 12.3 Å². The maximum atomic E-state index is 8.54. The van der Waals surface area contributed by atoms with Crippen LogP contribution in [-0.4, -0.2) is 29.0 Å². The smallest absolute Gasteiger partial charge is 0.0733 e. The molecule has 0 aromatic heterocycles. The second-order valence-corrected chi connectivity index (χ2v) is 2.06. The van der Waals surface area contributed by atoms with E-state index in [1.54, 1.807) is 0 Å². The lowest BCUT2D eigenvalue weighted by Crippen LogP contribution is -2.46. The highest BCUT2D eigenvalue weighted by Gasteiger charge is 2.20. The second kappa shape index (κ2) is 3.46. The van der Waals surface area contributed by atoms with Crippen molar-refractivity contribution in [2.24, 2.45) is 5.73 Å². The number of hydrogen-bond donors (Lipinski definition) is 3. The first-order chi connectivity index (χ1) is 4.18.